The average Bonchev–Trinajstić information content (AvgIpc) is 2.29. The van der Waals surface area contributed by atoms with Crippen LogP contribution in [0.1, 0.15) is 22.8 Å². The van der Waals surface area contributed by atoms with Crippen molar-refractivity contribution in [1.82, 2.24) is 5.32 Å². The number of hydrogen-bond acceptors (Lipinski definition) is 2. The monoisotopic (exact) mass is 201 g/mol. The first-order chi connectivity index (χ1) is 7.27. The third kappa shape index (κ3) is 3.57. The summed E-state index contributed by atoms with van der Waals surface area (Å²) in [6.07, 6.45) is 6.06. The van der Waals surface area contributed by atoms with E-state index < -0.39 is 0 Å². The van der Waals surface area contributed by atoms with E-state index in [9.17, 15) is 4.79 Å². The quantitative estimate of drug-likeness (QED) is 0.446. The zero-order valence-electron chi connectivity index (χ0n) is 8.92. The van der Waals surface area contributed by atoms with E-state index in [4.69, 9.17) is 6.42 Å². The molecule has 0 saturated heterocycles. The second-order valence-corrected chi connectivity index (χ2v) is 3.28. The van der Waals surface area contributed by atoms with Crippen molar-refractivity contribution in [2.24, 2.45) is 0 Å². The molecule has 0 spiro atoms. The zero-order valence-corrected chi connectivity index (χ0v) is 8.92. The van der Waals surface area contributed by atoms with E-state index in [0.29, 0.717) is 13.1 Å². The molecule has 1 aromatic carbocycles. The predicted molar refractivity (Wildman–Crippen MR) is 61.9 cm³/mol. The number of rotatable bonds is 5. The number of terminal acetylenes is 1. The van der Waals surface area contributed by atoms with Crippen molar-refractivity contribution in [3.63, 3.8) is 0 Å². The fraction of sp³-hybridized carbons (Fsp3) is 0.308. The number of carbonyl (C=O) groups excluding carboxylic acids is 1. The van der Waals surface area contributed by atoms with E-state index in [1.165, 1.54) is 5.56 Å². The van der Waals surface area contributed by atoms with Gasteiger partial charge in [-0.05, 0) is 12.0 Å². The highest BCUT2D eigenvalue weighted by molar-refractivity contribution is 5.97. The number of nitrogens with one attached hydrogen (secondary N) is 1. The molecular formula is C13H15NO. The molecule has 0 aromatic heterocycles. The van der Waals surface area contributed by atoms with Crippen LogP contribution in [0.4, 0.5) is 0 Å². The summed E-state index contributed by atoms with van der Waals surface area (Å²) in [5.74, 6) is 2.51. The molecule has 0 atom stereocenters. The van der Waals surface area contributed by atoms with Gasteiger partial charge in [0.2, 0.25) is 0 Å². The Morgan fingerprint density at radius 2 is 2.07 bits per heavy atom. The highest BCUT2D eigenvalue weighted by atomic mass is 16.1. The second kappa shape index (κ2) is 6.00. The molecule has 0 amide bonds. The predicted octanol–water partition coefficient (Wildman–Crippen LogP) is 1.65. The molecule has 2 heteroatoms. The Balaban J connectivity index is 2.55. The lowest BCUT2D eigenvalue weighted by Crippen LogP contribution is -2.23. The van der Waals surface area contributed by atoms with Gasteiger partial charge in [-0.2, -0.15) is 0 Å². The number of ketones is 1. The Morgan fingerprint density at radius 1 is 1.40 bits per heavy atom. The third-order valence-electron chi connectivity index (χ3n) is 2.20. The van der Waals surface area contributed by atoms with Crippen LogP contribution in [0.25, 0.3) is 0 Å². The Bertz CT molecular complexity index is 359. The summed E-state index contributed by atoms with van der Waals surface area (Å²) in [7, 11) is 0. The highest BCUT2D eigenvalue weighted by Gasteiger charge is 2.03. The number of hydrogen-bond donors (Lipinski definition) is 1. The van der Waals surface area contributed by atoms with Crippen LogP contribution in [0.2, 0.25) is 0 Å². The molecule has 0 heterocycles. The van der Waals surface area contributed by atoms with Gasteiger partial charge in [0, 0.05) is 5.56 Å². The second-order valence-electron chi connectivity index (χ2n) is 3.28. The van der Waals surface area contributed by atoms with Crippen LogP contribution in [0.15, 0.2) is 24.3 Å². The molecule has 1 rings (SSSR count). The molecule has 0 aliphatic carbocycles. The third-order valence-corrected chi connectivity index (χ3v) is 2.20. The molecule has 2 nitrogen and oxygen atoms in total. The molecule has 78 valence electrons. The van der Waals surface area contributed by atoms with Crippen molar-refractivity contribution in [2.45, 2.75) is 13.3 Å². The molecule has 0 bridgehead atoms. The van der Waals surface area contributed by atoms with Crippen LogP contribution >= 0.6 is 0 Å². The first-order valence-electron chi connectivity index (χ1n) is 5.04. The van der Waals surface area contributed by atoms with Gasteiger partial charge in [0.15, 0.2) is 5.78 Å². The molecular weight excluding hydrogens is 186 g/mol. The SMILES string of the molecule is C#CCNCC(=O)c1ccc(CC)cc1. The Labute approximate surface area is 90.7 Å². The summed E-state index contributed by atoms with van der Waals surface area (Å²) < 4.78 is 0. The van der Waals surface area contributed by atoms with Crippen LogP contribution in [-0.2, 0) is 6.42 Å². The Hall–Kier alpha value is -1.59. The number of benzene rings is 1. The number of Topliss-reactive ketones (excluding diaryl/α,β-unsaturated/α-hetero) is 1. The van der Waals surface area contributed by atoms with Gasteiger partial charge in [0.25, 0.3) is 0 Å². The van der Waals surface area contributed by atoms with Crippen molar-refractivity contribution in [3.05, 3.63) is 35.4 Å². The van der Waals surface area contributed by atoms with Crippen LogP contribution < -0.4 is 5.32 Å². The standard InChI is InChI=1S/C13H15NO/c1-3-9-14-10-13(15)12-7-5-11(4-2)6-8-12/h1,5-8,14H,4,9-10H2,2H3. The van der Waals surface area contributed by atoms with Gasteiger partial charge < -0.3 is 0 Å². The van der Waals surface area contributed by atoms with E-state index in [0.717, 1.165) is 12.0 Å². The van der Waals surface area contributed by atoms with Gasteiger partial charge in [-0.15, -0.1) is 6.42 Å². The van der Waals surface area contributed by atoms with Crippen LogP contribution in [-0.4, -0.2) is 18.9 Å². The molecule has 0 unspecified atom stereocenters. The summed E-state index contributed by atoms with van der Waals surface area (Å²) >= 11 is 0. The largest absolute Gasteiger partial charge is 0.299 e. The molecule has 0 radical (unpaired) electrons. The minimum Gasteiger partial charge on any atom is -0.299 e. The summed E-state index contributed by atoms with van der Waals surface area (Å²) in [5, 5.41) is 2.88. The average molecular weight is 201 g/mol. The molecule has 0 fully saturated rings. The topological polar surface area (TPSA) is 29.1 Å². The molecule has 1 N–H and O–H groups in total. The van der Waals surface area contributed by atoms with E-state index in [1.54, 1.807) is 0 Å². The van der Waals surface area contributed by atoms with Crippen LogP contribution in [0.5, 0.6) is 0 Å². The molecule has 15 heavy (non-hydrogen) atoms. The zero-order chi connectivity index (χ0) is 11.1. The fourth-order valence-corrected chi connectivity index (χ4v) is 1.28. The van der Waals surface area contributed by atoms with Crippen molar-refractivity contribution in [1.29, 1.82) is 0 Å². The van der Waals surface area contributed by atoms with E-state index >= 15 is 0 Å². The Kier molecular flexibility index (Phi) is 4.59. The molecule has 1 aromatic rings. The Morgan fingerprint density at radius 3 is 2.60 bits per heavy atom. The normalized spacial score (nSPS) is 9.60. The van der Waals surface area contributed by atoms with Gasteiger partial charge in [0.05, 0.1) is 13.1 Å². The lowest BCUT2D eigenvalue weighted by Gasteiger charge is -2.02. The van der Waals surface area contributed by atoms with E-state index in [2.05, 4.69) is 18.2 Å². The van der Waals surface area contributed by atoms with Gasteiger partial charge in [-0.1, -0.05) is 37.1 Å². The first kappa shape index (κ1) is 11.5. The maximum Gasteiger partial charge on any atom is 0.176 e. The van der Waals surface area contributed by atoms with E-state index in [-0.39, 0.29) is 5.78 Å². The van der Waals surface area contributed by atoms with Crippen molar-refractivity contribution in [3.8, 4) is 12.3 Å². The number of aryl methyl sites for hydroxylation is 1. The molecule has 0 aliphatic rings. The smallest absolute Gasteiger partial charge is 0.176 e. The lowest BCUT2D eigenvalue weighted by atomic mass is 10.1. The van der Waals surface area contributed by atoms with Gasteiger partial charge in [-0.25, -0.2) is 0 Å². The highest BCUT2D eigenvalue weighted by Crippen LogP contribution is 2.05. The van der Waals surface area contributed by atoms with Gasteiger partial charge in [0.1, 0.15) is 0 Å². The minimum atomic E-state index is 0.0768. The maximum absolute atomic E-state index is 11.6. The fourth-order valence-electron chi connectivity index (χ4n) is 1.28. The van der Waals surface area contributed by atoms with Gasteiger partial charge in [-0.3, -0.25) is 10.1 Å². The van der Waals surface area contributed by atoms with Crippen LogP contribution in [0.3, 0.4) is 0 Å². The van der Waals surface area contributed by atoms with Crippen molar-refractivity contribution < 1.29 is 4.79 Å². The van der Waals surface area contributed by atoms with Gasteiger partial charge >= 0.3 is 0 Å². The molecule has 0 saturated carbocycles. The van der Waals surface area contributed by atoms with Crippen molar-refractivity contribution in [2.75, 3.05) is 13.1 Å². The lowest BCUT2D eigenvalue weighted by molar-refractivity contribution is 0.0992. The number of carbonyl (C=O) groups is 1. The molecule has 0 aliphatic heterocycles. The van der Waals surface area contributed by atoms with E-state index in [1.807, 2.05) is 24.3 Å². The first-order valence-corrected chi connectivity index (χ1v) is 5.04. The summed E-state index contributed by atoms with van der Waals surface area (Å²) in [6.45, 7) is 2.82. The maximum atomic E-state index is 11.6. The summed E-state index contributed by atoms with van der Waals surface area (Å²) in [4.78, 5) is 11.6. The van der Waals surface area contributed by atoms with Crippen LogP contribution in [0, 0.1) is 12.3 Å². The minimum absolute atomic E-state index is 0.0768. The summed E-state index contributed by atoms with van der Waals surface area (Å²) in [5.41, 5.74) is 1.97. The summed E-state index contributed by atoms with van der Waals surface area (Å²) in [6, 6.07) is 7.68. The van der Waals surface area contributed by atoms with Crippen molar-refractivity contribution >= 4 is 5.78 Å².